The topological polar surface area (TPSA) is 81.7 Å². The zero-order chi connectivity index (χ0) is 24.5. The van der Waals surface area contributed by atoms with Gasteiger partial charge in [-0.1, -0.05) is 0 Å². The highest BCUT2D eigenvalue weighted by atomic mass is 19.3. The van der Waals surface area contributed by atoms with Gasteiger partial charge in [0.25, 0.3) is 0 Å². The number of morpholine rings is 1. The summed E-state index contributed by atoms with van der Waals surface area (Å²) >= 11 is 0. The molecule has 2 atom stereocenters. The van der Waals surface area contributed by atoms with Gasteiger partial charge >= 0.3 is 6.61 Å². The summed E-state index contributed by atoms with van der Waals surface area (Å²) in [4.78, 5) is 9.05. The monoisotopic (exact) mass is 488 g/mol. The molecular weight excluding hydrogens is 454 g/mol. The zero-order valence-electron chi connectivity index (χ0n) is 20.5. The zero-order valence-corrected chi connectivity index (χ0v) is 20.5. The van der Waals surface area contributed by atoms with Crippen molar-refractivity contribution in [2.75, 3.05) is 45.6 Å². The van der Waals surface area contributed by atoms with E-state index >= 15 is 0 Å². The van der Waals surface area contributed by atoms with Crippen molar-refractivity contribution in [3.8, 4) is 17.0 Å². The van der Waals surface area contributed by atoms with E-state index in [1.165, 1.54) is 24.6 Å². The number of anilines is 1. The lowest BCUT2D eigenvalue weighted by atomic mass is 9.88. The minimum atomic E-state index is -2.95. The van der Waals surface area contributed by atoms with Gasteiger partial charge in [-0.05, 0) is 57.7 Å². The van der Waals surface area contributed by atoms with Crippen molar-refractivity contribution in [1.82, 2.24) is 24.6 Å². The van der Waals surface area contributed by atoms with E-state index in [-0.39, 0.29) is 23.2 Å². The number of likely N-dealkylation sites (N-methyl/N-ethyl adjacent to an activating group) is 1. The number of alkyl halides is 2. The number of halogens is 2. The molecule has 35 heavy (non-hydrogen) atoms. The number of aromatic nitrogens is 3. The van der Waals surface area contributed by atoms with Crippen LogP contribution in [0.2, 0.25) is 0 Å². The minimum absolute atomic E-state index is 0.0460. The molecule has 1 spiro atoms. The molecule has 0 amide bonds. The Hall–Kier alpha value is -2.30. The van der Waals surface area contributed by atoms with Crippen LogP contribution in [-0.4, -0.2) is 82.7 Å². The molecule has 2 aromatic rings. The van der Waals surface area contributed by atoms with E-state index in [1.807, 2.05) is 0 Å². The predicted molar refractivity (Wildman–Crippen MR) is 127 cm³/mol. The Bertz CT molecular complexity index is 1090. The van der Waals surface area contributed by atoms with Crippen molar-refractivity contribution >= 4 is 5.82 Å². The Morgan fingerprint density at radius 3 is 2.57 bits per heavy atom. The number of likely N-dealkylation sites (tertiary alicyclic amines) is 1. The average Bonchev–Trinajstić information content (AvgIpc) is 3.13. The van der Waals surface area contributed by atoms with Gasteiger partial charge in [-0.3, -0.25) is 9.58 Å². The fraction of sp³-hybridized carbons (Fsp3) is 0.680. The molecule has 4 heterocycles. The van der Waals surface area contributed by atoms with Gasteiger partial charge in [0.15, 0.2) is 11.6 Å². The van der Waals surface area contributed by atoms with Gasteiger partial charge in [0.05, 0.1) is 12.3 Å². The number of nitrogens with two attached hydrogens (primary N) is 1. The molecule has 8 nitrogen and oxygen atoms in total. The lowest BCUT2D eigenvalue weighted by Gasteiger charge is -2.55. The Morgan fingerprint density at radius 2 is 1.91 bits per heavy atom. The molecule has 2 saturated carbocycles. The van der Waals surface area contributed by atoms with Crippen molar-refractivity contribution in [3.63, 3.8) is 0 Å². The van der Waals surface area contributed by atoms with Crippen molar-refractivity contribution < 1.29 is 18.3 Å². The van der Waals surface area contributed by atoms with Crippen LogP contribution in [0.1, 0.15) is 44.3 Å². The summed E-state index contributed by atoms with van der Waals surface area (Å²) in [5.74, 6) is 1.68. The first-order valence-corrected chi connectivity index (χ1v) is 12.6. The van der Waals surface area contributed by atoms with Crippen molar-refractivity contribution in [2.45, 2.75) is 56.9 Å². The summed E-state index contributed by atoms with van der Waals surface area (Å²) < 4.78 is 38.3. The smallest absolute Gasteiger partial charge is 0.387 e. The third kappa shape index (κ3) is 4.09. The van der Waals surface area contributed by atoms with Crippen LogP contribution in [0.15, 0.2) is 18.3 Å². The lowest BCUT2D eigenvalue weighted by Crippen LogP contribution is -2.71. The Kier molecular flexibility index (Phi) is 5.54. The van der Waals surface area contributed by atoms with Crippen LogP contribution in [0.5, 0.6) is 5.75 Å². The molecule has 2 unspecified atom stereocenters. The molecule has 0 bridgehead atoms. The normalized spacial score (nSPS) is 30.1. The first-order chi connectivity index (χ1) is 16.7. The van der Waals surface area contributed by atoms with Gasteiger partial charge in [0, 0.05) is 61.6 Å². The second kappa shape index (κ2) is 8.38. The highest BCUT2D eigenvalue weighted by Crippen LogP contribution is 2.64. The van der Waals surface area contributed by atoms with Crippen molar-refractivity contribution in [3.05, 3.63) is 24.0 Å². The van der Waals surface area contributed by atoms with Crippen LogP contribution in [0.3, 0.4) is 0 Å². The van der Waals surface area contributed by atoms with E-state index in [2.05, 4.69) is 51.2 Å². The first kappa shape index (κ1) is 23.1. The van der Waals surface area contributed by atoms with E-state index in [9.17, 15) is 8.78 Å². The maximum Gasteiger partial charge on any atom is 0.387 e. The van der Waals surface area contributed by atoms with Gasteiger partial charge in [-0.25, -0.2) is 4.98 Å². The summed E-state index contributed by atoms with van der Waals surface area (Å²) in [5.41, 5.74) is 8.33. The Labute approximate surface area is 204 Å². The molecule has 6 rings (SSSR count). The minimum Gasteiger partial charge on any atom is -0.431 e. The largest absolute Gasteiger partial charge is 0.431 e. The number of pyridine rings is 1. The van der Waals surface area contributed by atoms with E-state index in [1.54, 1.807) is 6.20 Å². The number of ether oxygens (including phenoxy) is 2. The number of rotatable bonds is 6. The van der Waals surface area contributed by atoms with Crippen LogP contribution in [0, 0.1) is 11.8 Å². The molecule has 190 valence electrons. The van der Waals surface area contributed by atoms with Gasteiger partial charge in [-0.15, -0.1) is 0 Å². The predicted octanol–water partition coefficient (Wildman–Crippen LogP) is 3.22. The third-order valence-electron chi connectivity index (χ3n) is 8.35. The number of hydrogen-bond acceptors (Lipinski definition) is 7. The fourth-order valence-electron chi connectivity index (χ4n) is 6.73. The van der Waals surface area contributed by atoms with E-state index in [0.29, 0.717) is 35.1 Å². The summed E-state index contributed by atoms with van der Waals surface area (Å²) in [5, 5.41) is 4.83. The molecule has 2 aliphatic heterocycles. The fourth-order valence-corrected chi connectivity index (χ4v) is 6.73. The number of nitrogen functional groups attached to an aromatic ring is 1. The van der Waals surface area contributed by atoms with Crippen LogP contribution >= 0.6 is 0 Å². The van der Waals surface area contributed by atoms with Gasteiger partial charge in [0.2, 0.25) is 0 Å². The molecule has 10 heteroatoms. The standard InChI is InChI=1S/C25H34F2N6O2/c1-14(2)33-20(9-19(30-33)15-6-21(35-24(26)27)23(28)29-10-15)22-17-7-16(8-18(17)22)32-12-25(13-32)11-31(3)4-5-34-25/h6,9-10,14,16-18,22,24H,4-5,7-8,11-13H2,1-3H3,(H2,28,29). The van der Waals surface area contributed by atoms with Crippen LogP contribution in [0.25, 0.3) is 11.3 Å². The molecule has 2 N–H and O–H groups in total. The Morgan fingerprint density at radius 1 is 1.17 bits per heavy atom. The second-order valence-corrected chi connectivity index (χ2v) is 11.1. The molecule has 4 fully saturated rings. The van der Waals surface area contributed by atoms with Crippen LogP contribution in [-0.2, 0) is 4.74 Å². The maximum absolute atomic E-state index is 12.8. The van der Waals surface area contributed by atoms with E-state index in [4.69, 9.17) is 15.6 Å². The highest BCUT2D eigenvalue weighted by Gasteiger charge is 2.61. The highest BCUT2D eigenvalue weighted by molar-refractivity contribution is 5.64. The Balaban J connectivity index is 1.15. The number of hydrogen-bond donors (Lipinski definition) is 1. The average molecular weight is 489 g/mol. The van der Waals surface area contributed by atoms with Gasteiger partial charge in [0.1, 0.15) is 5.60 Å². The molecule has 2 saturated heterocycles. The summed E-state index contributed by atoms with van der Waals surface area (Å²) in [6, 6.07) is 4.44. The molecule has 0 radical (unpaired) electrons. The van der Waals surface area contributed by atoms with E-state index < -0.39 is 6.61 Å². The number of fused-ring (bicyclic) bond motifs is 1. The maximum atomic E-state index is 12.8. The quantitative estimate of drug-likeness (QED) is 0.669. The molecule has 2 aromatic heterocycles. The second-order valence-electron chi connectivity index (χ2n) is 11.1. The van der Waals surface area contributed by atoms with Gasteiger partial charge < -0.3 is 20.1 Å². The van der Waals surface area contributed by atoms with Crippen LogP contribution < -0.4 is 10.5 Å². The summed E-state index contributed by atoms with van der Waals surface area (Å²) in [6.45, 7) is 6.28. The van der Waals surface area contributed by atoms with E-state index in [0.717, 1.165) is 32.8 Å². The third-order valence-corrected chi connectivity index (χ3v) is 8.35. The van der Waals surface area contributed by atoms with Crippen molar-refractivity contribution in [1.29, 1.82) is 0 Å². The summed E-state index contributed by atoms with van der Waals surface area (Å²) in [6.07, 6.45) is 4.00. The molecule has 4 aliphatic rings. The number of nitrogens with zero attached hydrogens (tertiary/aromatic N) is 5. The molecule has 0 aromatic carbocycles. The first-order valence-electron chi connectivity index (χ1n) is 12.6. The van der Waals surface area contributed by atoms with Crippen molar-refractivity contribution in [2.24, 2.45) is 11.8 Å². The molecular formula is C25H34F2N6O2. The summed E-state index contributed by atoms with van der Waals surface area (Å²) in [7, 11) is 2.18. The lowest BCUT2D eigenvalue weighted by molar-refractivity contribution is -0.190. The van der Waals surface area contributed by atoms with Crippen LogP contribution in [0.4, 0.5) is 14.6 Å². The van der Waals surface area contributed by atoms with Gasteiger partial charge in [-0.2, -0.15) is 13.9 Å². The molecule has 2 aliphatic carbocycles. The SMILES string of the molecule is CC(C)n1nc(-c2cnc(N)c(OC(F)F)c2)cc1C1C2CC(N3CC4(CN(C)CCO4)C3)CC21.